The maximum atomic E-state index is 5.87. The summed E-state index contributed by atoms with van der Waals surface area (Å²) in [5.74, 6) is 0.524. The van der Waals surface area contributed by atoms with Crippen molar-refractivity contribution >= 4 is 32.6 Å². The quantitative estimate of drug-likeness (QED) is 0.156. The molecule has 1 radical (unpaired) electrons. The van der Waals surface area contributed by atoms with Gasteiger partial charge in [-0.1, -0.05) is 128 Å². The Balaban J connectivity index is 0.000000238. The van der Waals surface area contributed by atoms with Gasteiger partial charge in [-0.15, -0.1) is 41.0 Å². The smallest absolute Gasteiger partial charge is 0.0847 e. The van der Waals surface area contributed by atoms with Crippen LogP contribution in [0, 0.1) is 45.7 Å². The molecular formula is C51H43IrN3O-2. The van der Waals surface area contributed by atoms with E-state index in [2.05, 4.69) is 150 Å². The summed E-state index contributed by atoms with van der Waals surface area (Å²) in [7, 11) is 0. The van der Waals surface area contributed by atoms with Gasteiger partial charge in [0.2, 0.25) is 0 Å². The number of pyridine rings is 3. The molecule has 0 saturated heterocycles. The third-order valence-corrected chi connectivity index (χ3v) is 10.4. The van der Waals surface area contributed by atoms with E-state index in [4.69, 9.17) is 14.4 Å². The Kier molecular flexibility index (Phi) is 11.4. The number of fused-ring (bicyclic) bond motifs is 4. The number of rotatable bonds is 6. The van der Waals surface area contributed by atoms with E-state index in [0.29, 0.717) is 5.92 Å². The molecule has 0 atom stereocenters. The Morgan fingerprint density at radius 1 is 0.679 bits per heavy atom. The normalized spacial score (nSPS) is 11.1. The largest absolute Gasteiger partial charge is 0.506 e. The van der Waals surface area contributed by atoms with Gasteiger partial charge in [-0.2, -0.15) is 0 Å². The molecule has 5 aromatic carbocycles. The molecule has 56 heavy (non-hydrogen) atoms. The van der Waals surface area contributed by atoms with E-state index in [1.54, 1.807) is 6.26 Å². The van der Waals surface area contributed by atoms with E-state index in [0.717, 1.165) is 67.6 Å². The summed E-state index contributed by atoms with van der Waals surface area (Å²) in [4.78, 5) is 14.4. The molecule has 279 valence electrons. The average Bonchev–Trinajstić information content (AvgIpc) is 3.69. The molecule has 5 heteroatoms. The minimum absolute atomic E-state index is 0. The fourth-order valence-electron chi connectivity index (χ4n) is 7.04. The molecule has 0 fully saturated rings. The third kappa shape index (κ3) is 7.97. The van der Waals surface area contributed by atoms with Gasteiger partial charge in [-0.3, -0.25) is 9.97 Å². The molecule has 0 unspecified atom stereocenters. The van der Waals surface area contributed by atoms with E-state index in [-0.39, 0.29) is 20.1 Å². The van der Waals surface area contributed by atoms with Crippen molar-refractivity contribution < 1.29 is 24.5 Å². The van der Waals surface area contributed by atoms with Crippen molar-refractivity contribution in [1.29, 1.82) is 0 Å². The van der Waals surface area contributed by atoms with Gasteiger partial charge in [0.05, 0.1) is 5.58 Å². The zero-order valence-electron chi connectivity index (χ0n) is 32.6. The molecule has 0 aliphatic heterocycles. The van der Waals surface area contributed by atoms with Gasteiger partial charge in [0.1, 0.15) is 0 Å². The van der Waals surface area contributed by atoms with Crippen LogP contribution in [0.4, 0.5) is 0 Å². The maximum absolute atomic E-state index is 5.87. The van der Waals surface area contributed by atoms with E-state index < -0.39 is 0 Å². The second kappa shape index (κ2) is 16.5. The zero-order valence-corrected chi connectivity index (χ0v) is 35.0. The van der Waals surface area contributed by atoms with Gasteiger partial charge in [0.25, 0.3) is 0 Å². The molecule has 4 nitrogen and oxygen atoms in total. The number of nitrogens with zero attached hydrogens (tertiary/aromatic N) is 3. The van der Waals surface area contributed by atoms with Crippen LogP contribution in [0.2, 0.25) is 0 Å². The Bertz CT molecular complexity index is 2770. The SMILES string of the molecule is CC(C)Cc1ccc2c(-c3ncccc3-c3ccc4cc(-c5ccccc5)ccc4c3)[c-]c3ccoc3c2n1.Cc1c[c-]c(-c2cc(C)c(C)cn2)cc1C.[Ir]. The first kappa shape index (κ1) is 38.5. The molecule has 0 bridgehead atoms. The molecule has 0 N–H and O–H groups in total. The summed E-state index contributed by atoms with van der Waals surface area (Å²) in [5.41, 5.74) is 16.3. The van der Waals surface area contributed by atoms with Crippen LogP contribution in [0.5, 0.6) is 0 Å². The van der Waals surface area contributed by atoms with Gasteiger partial charge < -0.3 is 9.40 Å². The van der Waals surface area contributed by atoms with E-state index in [9.17, 15) is 0 Å². The third-order valence-electron chi connectivity index (χ3n) is 10.4. The van der Waals surface area contributed by atoms with Crippen molar-refractivity contribution in [1.82, 2.24) is 15.0 Å². The van der Waals surface area contributed by atoms with Crippen molar-refractivity contribution in [2.24, 2.45) is 5.92 Å². The molecule has 0 spiro atoms. The molecule has 4 aromatic heterocycles. The van der Waals surface area contributed by atoms with Gasteiger partial charge in [0, 0.05) is 55.7 Å². The van der Waals surface area contributed by atoms with Gasteiger partial charge in [0.15, 0.2) is 0 Å². The van der Waals surface area contributed by atoms with Crippen molar-refractivity contribution in [3.05, 3.63) is 174 Å². The Hall–Kier alpha value is -5.74. The number of aryl methyl sites for hydroxylation is 4. The van der Waals surface area contributed by atoms with Crippen LogP contribution in [0.3, 0.4) is 0 Å². The average molecular weight is 906 g/mol. The molecule has 0 saturated carbocycles. The molecule has 0 amide bonds. The van der Waals surface area contributed by atoms with Crippen molar-refractivity contribution in [2.75, 3.05) is 0 Å². The van der Waals surface area contributed by atoms with Crippen molar-refractivity contribution in [3.63, 3.8) is 0 Å². The first-order valence-corrected chi connectivity index (χ1v) is 18.9. The summed E-state index contributed by atoms with van der Waals surface area (Å²) in [6, 6.07) is 47.4. The van der Waals surface area contributed by atoms with Crippen molar-refractivity contribution in [2.45, 2.75) is 48.0 Å². The fourth-order valence-corrected chi connectivity index (χ4v) is 7.04. The Labute approximate surface area is 343 Å². The van der Waals surface area contributed by atoms with Gasteiger partial charge >= 0.3 is 0 Å². The number of furan rings is 1. The Morgan fingerprint density at radius 2 is 1.43 bits per heavy atom. The molecule has 9 aromatic rings. The molecule has 9 rings (SSSR count). The van der Waals surface area contributed by atoms with E-state index >= 15 is 0 Å². The van der Waals surface area contributed by atoms with E-state index in [1.165, 1.54) is 44.2 Å². The second-order valence-electron chi connectivity index (χ2n) is 14.9. The summed E-state index contributed by atoms with van der Waals surface area (Å²) in [6.07, 6.45) is 6.41. The standard InChI is InChI=1S/C36H27N2O.C15H16N.Ir/c1-23(2)19-30-14-15-32-33(22-29-16-18-39-36(29)35(32)38-30)34-31(9-6-17-37-34)28-13-12-26-20-25(10-11-27(26)21-28)24-7-4-3-5-8-24;1-10-5-6-14(7-11(10)2)15-8-12(3)13(4)9-16-15;/h3-18,20-21,23H,19H2,1-2H3;5,7-9H,1-4H3;/q2*-1;. The van der Waals surface area contributed by atoms with Crippen molar-refractivity contribution in [3.8, 4) is 44.8 Å². The van der Waals surface area contributed by atoms with E-state index in [1.807, 2.05) is 36.7 Å². The molecule has 4 heterocycles. The maximum Gasteiger partial charge on any atom is 0.0847 e. The van der Waals surface area contributed by atoms with Gasteiger partial charge in [-0.25, -0.2) is 0 Å². The first-order valence-electron chi connectivity index (χ1n) is 18.9. The second-order valence-corrected chi connectivity index (χ2v) is 14.9. The van der Waals surface area contributed by atoms with Crippen LogP contribution in [-0.2, 0) is 26.5 Å². The van der Waals surface area contributed by atoms with Crippen LogP contribution in [-0.4, -0.2) is 15.0 Å². The number of benzene rings is 5. The Morgan fingerprint density at radius 3 is 2.18 bits per heavy atom. The van der Waals surface area contributed by atoms with Crippen LogP contribution < -0.4 is 0 Å². The zero-order chi connectivity index (χ0) is 38.1. The van der Waals surface area contributed by atoms with Crippen LogP contribution in [0.15, 0.2) is 138 Å². The van der Waals surface area contributed by atoms with Gasteiger partial charge in [-0.05, 0) is 94.7 Å². The summed E-state index contributed by atoms with van der Waals surface area (Å²) < 4.78 is 5.87. The minimum atomic E-state index is 0. The minimum Gasteiger partial charge on any atom is -0.506 e. The molecular weight excluding hydrogens is 863 g/mol. The predicted molar refractivity (Wildman–Crippen MR) is 228 cm³/mol. The summed E-state index contributed by atoms with van der Waals surface area (Å²) >= 11 is 0. The van der Waals surface area contributed by atoms with Crippen LogP contribution in [0.1, 0.15) is 41.8 Å². The van der Waals surface area contributed by atoms with Crippen LogP contribution >= 0.6 is 0 Å². The van der Waals surface area contributed by atoms with Crippen LogP contribution in [0.25, 0.3) is 77.4 Å². The predicted octanol–water partition coefficient (Wildman–Crippen LogP) is 13.3. The summed E-state index contributed by atoms with van der Waals surface area (Å²) in [5, 5.41) is 4.32. The number of hydrogen-bond donors (Lipinski definition) is 0. The number of hydrogen-bond acceptors (Lipinski definition) is 4. The molecule has 0 aliphatic carbocycles. The first-order chi connectivity index (χ1) is 26.7. The number of aromatic nitrogens is 3. The topological polar surface area (TPSA) is 51.8 Å². The summed E-state index contributed by atoms with van der Waals surface area (Å²) in [6.45, 7) is 12.8. The molecule has 0 aliphatic rings. The fraction of sp³-hybridized carbons (Fsp3) is 0.157. The monoisotopic (exact) mass is 906 g/mol.